The van der Waals surface area contributed by atoms with Gasteiger partial charge in [0.25, 0.3) is 0 Å². The van der Waals surface area contributed by atoms with Gasteiger partial charge in [-0.1, -0.05) is 20.8 Å². The molecule has 1 rings (SSSR count). The van der Waals surface area contributed by atoms with Gasteiger partial charge in [0.2, 0.25) is 0 Å². The van der Waals surface area contributed by atoms with Crippen molar-refractivity contribution < 1.29 is 9.53 Å². The number of hydrogen-bond acceptors (Lipinski definition) is 3. The first-order valence-corrected chi connectivity index (χ1v) is 5.29. The Morgan fingerprint density at radius 3 is 2.36 bits per heavy atom. The third-order valence-electron chi connectivity index (χ3n) is 2.75. The first-order valence-electron chi connectivity index (χ1n) is 5.29. The van der Waals surface area contributed by atoms with Crippen molar-refractivity contribution in [2.24, 2.45) is 5.41 Å². The number of esters is 1. The smallest absolute Gasteiger partial charge is 0.320 e. The molecule has 0 aliphatic carbocycles. The molecule has 0 radical (unpaired) electrons. The average Bonchev–Trinajstić information content (AvgIpc) is 2.60. The van der Waals surface area contributed by atoms with Crippen LogP contribution in [0.1, 0.15) is 34.6 Å². The molecule has 0 aromatic heterocycles. The van der Waals surface area contributed by atoms with Gasteiger partial charge in [-0.3, -0.25) is 9.69 Å². The highest BCUT2D eigenvalue weighted by Gasteiger charge is 2.51. The van der Waals surface area contributed by atoms with E-state index in [-0.39, 0.29) is 11.4 Å². The van der Waals surface area contributed by atoms with Crippen LogP contribution >= 0.6 is 0 Å². The summed E-state index contributed by atoms with van der Waals surface area (Å²) in [7, 11) is 0. The van der Waals surface area contributed by atoms with Gasteiger partial charge in [0.15, 0.2) is 0 Å². The Bertz CT molecular complexity index is 220. The predicted molar refractivity (Wildman–Crippen MR) is 56.0 cm³/mol. The summed E-state index contributed by atoms with van der Waals surface area (Å²) in [5.74, 6) is -0.105. The van der Waals surface area contributed by atoms with Gasteiger partial charge < -0.3 is 4.74 Å². The van der Waals surface area contributed by atoms with Crippen LogP contribution in [0.3, 0.4) is 0 Å². The SMILES string of the molecule is CCOC(=O)CN1[C@H](C)[C@H]1C(C)(C)C. The maximum absolute atomic E-state index is 11.2. The largest absolute Gasteiger partial charge is 0.465 e. The molecule has 14 heavy (non-hydrogen) atoms. The van der Waals surface area contributed by atoms with E-state index < -0.39 is 0 Å². The van der Waals surface area contributed by atoms with Crippen LogP contribution in [0.4, 0.5) is 0 Å². The van der Waals surface area contributed by atoms with Crippen LogP contribution in [0, 0.1) is 5.41 Å². The molecule has 0 saturated carbocycles. The monoisotopic (exact) mass is 199 g/mol. The lowest BCUT2D eigenvalue weighted by molar-refractivity contribution is -0.143. The van der Waals surface area contributed by atoms with E-state index in [1.54, 1.807) is 0 Å². The van der Waals surface area contributed by atoms with Crippen molar-refractivity contribution in [3.05, 3.63) is 0 Å². The van der Waals surface area contributed by atoms with Crippen LogP contribution in [0.2, 0.25) is 0 Å². The lowest BCUT2D eigenvalue weighted by Gasteiger charge is -2.17. The van der Waals surface area contributed by atoms with Crippen LogP contribution in [0.5, 0.6) is 0 Å². The van der Waals surface area contributed by atoms with Gasteiger partial charge in [-0.05, 0) is 19.3 Å². The van der Waals surface area contributed by atoms with Crippen molar-refractivity contribution in [3.63, 3.8) is 0 Å². The minimum absolute atomic E-state index is 0.105. The number of hydrogen-bond donors (Lipinski definition) is 0. The highest BCUT2D eigenvalue weighted by Crippen LogP contribution is 2.40. The summed E-state index contributed by atoms with van der Waals surface area (Å²) in [6.07, 6.45) is 0. The topological polar surface area (TPSA) is 29.3 Å². The van der Waals surface area contributed by atoms with E-state index in [1.165, 1.54) is 0 Å². The van der Waals surface area contributed by atoms with Crippen molar-refractivity contribution in [1.82, 2.24) is 4.90 Å². The fraction of sp³-hybridized carbons (Fsp3) is 0.909. The molecule has 0 amide bonds. The van der Waals surface area contributed by atoms with Crippen molar-refractivity contribution in [3.8, 4) is 0 Å². The highest BCUT2D eigenvalue weighted by atomic mass is 16.5. The molecule has 0 bridgehead atoms. The molecule has 1 fully saturated rings. The molecule has 3 atom stereocenters. The zero-order valence-corrected chi connectivity index (χ0v) is 9.83. The predicted octanol–water partition coefficient (Wildman–Crippen LogP) is 1.67. The molecule has 82 valence electrons. The van der Waals surface area contributed by atoms with Gasteiger partial charge in [0.05, 0.1) is 13.2 Å². The molecule has 0 aromatic rings. The highest BCUT2D eigenvalue weighted by molar-refractivity contribution is 5.72. The molecule has 0 spiro atoms. The lowest BCUT2D eigenvalue weighted by Crippen LogP contribution is -2.23. The number of nitrogens with zero attached hydrogens (tertiary/aromatic N) is 1. The maximum Gasteiger partial charge on any atom is 0.320 e. The minimum atomic E-state index is -0.105. The molecule has 1 aliphatic heterocycles. The Morgan fingerprint density at radius 1 is 1.43 bits per heavy atom. The molecule has 1 aliphatic rings. The number of rotatable bonds is 3. The van der Waals surface area contributed by atoms with Crippen molar-refractivity contribution in [1.29, 1.82) is 0 Å². The van der Waals surface area contributed by atoms with E-state index in [2.05, 4.69) is 32.6 Å². The van der Waals surface area contributed by atoms with Crippen LogP contribution in [-0.2, 0) is 9.53 Å². The molecule has 1 saturated heterocycles. The standard InChI is InChI=1S/C11H21NO2/c1-6-14-9(13)7-12-8(2)10(12)11(3,4)5/h8,10H,6-7H2,1-5H3/t8-,10+,12?/m1/s1. The van der Waals surface area contributed by atoms with E-state index in [0.717, 1.165) is 0 Å². The Hall–Kier alpha value is -0.570. The summed E-state index contributed by atoms with van der Waals surface area (Å²) in [5.41, 5.74) is 0.256. The van der Waals surface area contributed by atoms with Gasteiger partial charge in [-0.15, -0.1) is 0 Å². The molecule has 0 aromatic carbocycles. The second kappa shape index (κ2) is 3.89. The third-order valence-corrected chi connectivity index (χ3v) is 2.75. The zero-order valence-electron chi connectivity index (χ0n) is 9.83. The summed E-state index contributed by atoms with van der Waals surface area (Å²) < 4.78 is 4.92. The van der Waals surface area contributed by atoms with E-state index in [1.807, 2.05) is 6.92 Å². The number of ether oxygens (including phenoxy) is 1. The Balaban J connectivity index is 2.39. The van der Waals surface area contributed by atoms with Crippen molar-refractivity contribution >= 4 is 5.97 Å². The van der Waals surface area contributed by atoms with Gasteiger partial charge in [-0.2, -0.15) is 0 Å². The molecular weight excluding hydrogens is 178 g/mol. The maximum atomic E-state index is 11.2. The second-order valence-electron chi connectivity index (χ2n) is 5.03. The Kier molecular flexibility index (Phi) is 3.20. The number of carbonyl (C=O) groups excluding carboxylic acids is 1. The number of carbonyl (C=O) groups is 1. The van der Waals surface area contributed by atoms with Gasteiger partial charge in [0, 0.05) is 12.1 Å². The Labute approximate surface area is 86.4 Å². The molecule has 3 nitrogen and oxygen atoms in total. The van der Waals surface area contributed by atoms with E-state index >= 15 is 0 Å². The summed E-state index contributed by atoms with van der Waals surface area (Å²) in [4.78, 5) is 13.4. The first-order chi connectivity index (χ1) is 6.38. The first kappa shape index (κ1) is 11.5. The van der Waals surface area contributed by atoms with Crippen molar-refractivity contribution in [2.75, 3.05) is 13.2 Å². The molecule has 1 unspecified atom stereocenters. The van der Waals surface area contributed by atoms with E-state index in [0.29, 0.717) is 25.2 Å². The van der Waals surface area contributed by atoms with E-state index in [9.17, 15) is 4.79 Å². The summed E-state index contributed by atoms with van der Waals surface area (Å²) in [6.45, 7) is 11.5. The lowest BCUT2D eigenvalue weighted by atomic mass is 9.90. The van der Waals surface area contributed by atoms with Gasteiger partial charge in [0.1, 0.15) is 0 Å². The molecule has 0 N–H and O–H groups in total. The zero-order chi connectivity index (χ0) is 10.9. The summed E-state index contributed by atoms with van der Waals surface area (Å²) >= 11 is 0. The fourth-order valence-corrected chi connectivity index (χ4v) is 2.23. The van der Waals surface area contributed by atoms with Crippen LogP contribution < -0.4 is 0 Å². The second-order valence-corrected chi connectivity index (χ2v) is 5.03. The summed E-state index contributed by atoms with van der Waals surface area (Å²) in [5, 5.41) is 0. The average molecular weight is 199 g/mol. The van der Waals surface area contributed by atoms with Crippen LogP contribution in [0.25, 0.3) is 0 Å². The van der Waals surface area contributed by atoms with Gasteiger partial charge in [-0.25, -0.2) is 0 Å². The molecule has 1 heterocycles. The van der Waals surface area contributed by atoms with Crippen molar-refractivity contribution in [2.45, 2.75) is 46.7 Å². The van der Waals surface area contributed by atoms with E-state index in [4.69, 9.17) is 4.74 Å². The normalized spacial score (nSPS) is 31.4. The van der Waals surface area contributed by atoms with Crippen LogP contribution in [0.15, 0.2) is 0 Å². The Morgan fingerprint density at radius 2 is 2.00 bits per heavy atom. The van der Waals surface area contributed by atoms with Crippen LogP contribution in [-0.4, -0.2) is 36.1 Å². The quantitative estimate of drug-likeness (QED) is 0.511. The fourth-order valence-electron chi connectivity index (χ4n) is 2.23. The van der Waals surface area contributed by atoms with Gasteiger partial charge >= 0.3 is 5.97 Å². The third kappa shape index (κ3) is 2.47. The summed E-state index contributed by atoms with van der Waals surface area (Å²) in [6, 6.07) is 1.03. The molecule has 3 heteroatoms. The minimum Gasteiger partial charge on any atom is -0.465 e. The molecular formula is C11H21NO2.